The smallest absolute Gasteiger partial charge is 0.194 e. The highest BCUT2D eigenvalue weighted by Crippen LogP contribution is 2.25. The zero-order valence-corrected chi connectivity index (χ0v) is 21.7. The highest BCUT2D eigenvalue weighted by molar-refractivity contribution is 14.0. The Kier molecular flexibility index (Phi) is 12.2. The molecule has 1 aromatic heterocycles. The van der Waals surface area contributed by atoms with Gasteiger partial charge < -0.3 is 29.0 Å². The molecule has 1 N–H and O–H groups in total. The molecule has 0 fully saturated rings. The molecule has 31 heavy (non-hydrogen) atoms. The Hall–Kier alpha value is -2.08. The van der Waals surface area contributed by atoms with Crippen molar-refractivity contribution >= 4 is 29.9 Å². The van der Waals surface area contributed by atoms with Gasteiger partial charge in [-0.2, -0.15) is 0 Å². The highest BCUT2D eigenvalue weighted by Gasteiger charge is 2.13. The van der Waals surface area contributed by atoms with E-state index in [1.165, 1.54) is 0 Å². The molecule has 0 aliphatic rings. The Bertz CT molecular complexity index is 827. The van der Waals surface area contributed by atoms with Crippen molar-refractivity contribution in [3.63, 3.8) is 0 Å². The summed E-state index contributed by atoms with van der Waals surface area (Å²) in [6.45, 7) is 7.20. The lowest BCUT2D eigenvalue weighted by Crippen LogP contribution is -2.39. The number of hydrogen-bond acceptors (Lipinski definition) is 6. The first-order valence-corrected chi connectivity index (χ1v) is 10.1. The number of aliphatic imine (C=N–C) groups is 1. The van der Waals surface area contributed by atoms with E-state index in [9.17, 15) is 0 Å². The molecule has 0 aliphatic carbocycles. The zero-order valence-electron chi connectivity index (χ0n) is 19.3. The SMILES string of the molecule is CCOCCCNC(=NCc1nnc(C)n1C)N(C)Cc1ccc(OC)cc1OC.I. The summed E-state index contributed by atoms with van der Waals surface area (Å²) >= 11 is 0. The maximum absolute atomic E-state index is 5.54. The predicted octanol–water partition coefficient (Wildman–Crippen LogP) is 2.76. The fourth-order valence-electron chi connectivity index (χ4n) is 2.88. The van der Waals surface area contributed by atoms with Crippen LogP contribution in [0, 0.1) is 6.92 Å². The number of ether oxygens (including phenoxy) is 3. The third-order valence-corrected chi connectivity index (χ3v) is 4.77. The summed E-state index contributed by atoms with van der Waals surface area (Å²) < 4.78 is 18.2. The normalized spacial score (nSPS) is 11.1. The van der Waals surface area contributed by atoms with Gasteiger partial charge in [0.2, 0.25) is 0 Å². The van der Waals surface area contributed by atoms with Gasteiger partial charge in [-0.1, -0.05) is 0 Å². The Morgan fingerprint density at radius 2 is 2.00 bits per heavy atom. The van der Waals surface area contributed by atoms with Gasteiger partial charge in [0.25, 0.3) is 0 Å². The fraction of sp³-hybridized carbons (Fsp3) is 0.571. The lowest BCUT2D eigenvalue weighted by atomic mass is 10.2. The standard InChI is InChI=1S/C21H34N6O3.HI/c1-7-30-12-8-11-22-21(23-14-20-25-24-16(2)27(20)4)26(3)15-17-9-10-18(28-5)13-19(17)29-6;/h9-10,13H,7-8,11-12,14-15H2,1-6H3,(H,22,23);1H. The minimum absolute atomic E-state index is 0. The first-order chi connectivity index (χ1) is 14.5. The van der Waals surface area contributed by atoms with Gasteiger partial charge >= 0.3 is 0 Å². The lowest BCUT2D eigenvalue weighted by molar-refractivity contribution is 0.145. The van der Waals surface area contributed by atoms with E-state index in [0.29, 0.717) is 13.1 Å². The van der Waals surface area contributed by atoms with Gasteiger partial charge in [-0.05, 0) is 32.4 Å². The second kappa shape index (κ2) is 14.1. The first-order valence-electron chi connectivity index (χ1n) is 10.1. The second-order valence-corrected chi connectivity index (χ2v) is 6.87. The molecule has 0 aliphatic heterocycles. The molecular formula is C21H35IN6O3. The monoisotopic (exact) mass is 546 g/mol. The van der Waals surface area contributed by atoms with Crippen molar-refractivity contribution in [1.82, 2.24) is 25.0 Å². The van der Waals surface area contributed by atoms with Crippen LogP contribution in [0.15, 0.2) is 23.2 Å². The predicted molar refractivity (Wildman–Crippen MR) is 132 cm³/mol. The highest BCUT2D eigenvalue weighted by atomic mass is 127. The van der Waals surface area contributed by atoms with Gasteiger partial charge in [0.1, 0.15) is 23.9 Å². The molecule has 10 heteroatoms. The molecule has 9 nitrogen and oxygen atoms in total. The number of halogens is 1. The van der Waals surface area contributed by atoms with Crippen LogP contribution in [0.25, 0.3) is 0 Å². The maximum atomic E-state index is 5.54. The Labute approximate surface area is 202 Å². The van der Waals surface area contributed by atoms with E-state index in [-0.39, 0.29) is 24.0 Å². The van der Waals surface area contributed by atoms with Crippen LogP contribution in [-0.4, -0.2) is 66.6 Å². The summed E-state index contributed by atoms with van der Waals surface area (Å²) in [7, 11) is 7.25. The van der Waals surface area contributed by atoms with E-state index >= 15 is 0 Å². The molecule has 0 saturated heterocycles. The largest absolute Gasteiger partial charge is 0.497 e. The number of rotatable bonds is 11. The molecular weight excluding hydrogens is 511 g/mol. The van der Waals surface area contributed by atoms with Crippen LogP contribution in [0.1, 0.15) is 30.6 Å². The van der Waals surface area contributed by atoms with E-state index < -0.39 is 0 Å². The zero-order chi connectivity index (χ0) is 21.9. The molecule has 0 unspecified atom stereocenters. The Morgan fingerprint density at radius 3 is 2.61 bits per heavy atom. The van der Waals surface area contributed by atoms with Crippen molar-refractivity contribution in [1.29, 1.82) is 0 Å². The van der Waals surface area contributed by atoms with Crippen LogP contribution in [-0.2, 0) is 24.9 Å². The number of hydrogen-bond donors (Lipinski definition) is 1. The average molecular weight is 546 g/mol. The maximum Gasteiger partial charge on any atom is 0.194 e. The molecule has 0 amide bonds. The van der Waals surface area contributed by atoms with E-state index in [0.717, 1.165) is 60.9 Å². The lowest BCUT2D eigenvalue weighted by Gasteiger charge is -2.24. The molecule has 2 rings (SSSR count). The summed E-state index contributed by atoms with van der Waals surface area (Å²) in [5.74, 6) is 4.00. The van der Waals surface area contributed by atoms with Gasteiger partial charge in [0, 0.05) is 52.0 Å². The summed E-state index contributed by atoms with van der Waals surface area (Å²) in [5.41, 5.74) is 1.04. The summed E-state index contributed by atoms with van der Waals surface area (Å²) in [4.78, 5) is 6.84. The van der Waals surface area contributed by atoms with Gasteiger partial charge in [-0.15, -0.1) is 34.2 Å². The minimum atomic E-state index is 0. The molecule has 1 heterocycles. The number of aryl methyl sites for hydroxylation is 1. The molecule has 1 aromatic carbocycles. The van der Waals surface area contributed by atoms with Gasteiger partial charge in [-0.25, -0.2) is 4.99 Å². The van der Waals surface area contributed by atoms with E-state index in [1.807, 2.05) is 50.7 Å². The Morgan fingerprint density at radius 1 is 1.23 bits per heavy atom. The van der Waals surface area contributed by atoms with Crippen LogP contribution < -0.4 is 14.8 Å². The van der Waals surface area contributed by atoms with Crippen LogP contribution in [0.3, 0.4) is 0 Å². The Balaban J connectivity index is 0.00000480. The van der Waals surface area contributed by atoms with E-state index in [1.54, 1.807) is 14.2 Å². The molecule has 2 aromatic rings. The van der Waals surface area contributed by atoms with Crippen molar-refractivity contribution in [2.24, 2.45) is 12.0 Å². The fourth-order valence-corrected chi connectivity index (χ4v) is 2.88. The van der Waals surface area contributed by atoms with Crippen molar-refractivity contribution in [2.75, 3.05) is 41.0 Å². The summed E-state index contributed by atoms with van der Waals surface area (Å²) in [5, 5.41) is 11.7. The van der Waals surface area contributed by atoms with Crippen molar-refractivity contribution in [2.45, 2.75) is 33.4 Å². The first kappa shape index (κ1) is 27.0. The number of nitrogens with one attached hydrogen (secondary N) is 1. The second-order valence-electron chi connectivity index (χ2n) is 6.87. The van der Waals surface area contributed by atoms with Crippen molar-refractivity contribution in [3.8, 4) is 11.5 Å². The molecule has 174 valence electrons. The van der Waals surface area contributed by atoms with E-state index in [2.05, 4.69) is 20.4 Å². The van der Waals surface area contributed by atoms with Crippen LogP contribution in [0.4, 0.5) is 0 Å². The molecule has 0 radical (unpaired) electrons. The van der Waals surface area contributed by atoms with Crippen LogP contribution in [0.2, 0.25) is 0 Å². The molecule has 0 spiro atoms. The number of nitrogens with zero attached hydrogens (tertiary/aromatic N) is 5. The van der Waals surface area contributed by atoms with Crippen LogP contribution in [0.5, 0.6) is 11.5 Å². The average Bonchev–Trinajstić information content (AvgIpc) is 3.08. The summed E-state index contributed by atoms with van der Waals surface area (Å²) in [6, 6.07) is 5.82. The molecule has 0 saturated carbocycles. The number of benzene rings is 1. The van der Waals surface area contributed by atoms with Crippen molar-refractivity contribution in [3.05, 3.63) is 35.4 Å². The third kappa shape index (κ3) is 8.17. The summed E-state index contributed by atoms with van der Waals surface area (Å²) in [6.07, 6.45) is 0.898. The van der Waals surface area contributed by atoms with E-state index in [4.69, 9.17) is 19.2 Å². The van der Waals surface area contributed by atoms with Crippen LogP contribution >= 0.6 is 24.0 Å². The van der Waals surface area contributed by atoms with Gasteiger partial charge in [0.15, 0.2) is 11.8 Å². The third-order valence-electron chi connectivity index (χ3n) is 4.77. The molecule has 0 atom stereocenters. The minimum Gasteiger partial charge on any atom is -0.497 e. The molecule has 0 bridgehead atoms. The van der Waals surface area contributed by atoms with Gasteiger partial charge in [0.05, 0.1) is 14.2 Å². The topological polar surface area (TPSA) is 86.0 Å². The number of guanidine groups is 1. The van der Waals surface area contributed by atoms with Gasteiger partial charge in [-0.3, -0.25) is 0 Å². The number of aromatic nitrogens is 3. The number of methoxy groups -OCH3 is 2. The van der Waals surface area contributed by atoms with Crippen molar-refractivity contribution < 1.29 is 14.2 Å². The quantitative estimate of drug-likeness (QED) is 0.201.